The number of hydrogen-bond donors (Lipinski definition) is 1. The van der Waals surface area contributed by atoms with Crippen LogP contribution in [0.4, 0.5) is 5.69 Å². The highest BCUT2D eigenvalue weighted by molar-refractivity contribution is 5.48. The van der Waals surface area contributed by atoms with E-state index in [2.05, 4.69) is 5.32 Å². The quantitative estimate of drug-likeness (QED) is 0.644. The third-order valence-corrected chi connectivity index (χ3v) is 2.86. The van der Waals surface area contributed by atoms with Crippen molar-refractivity contribution in [1.29, 1.82) is 0 Å². The Morgan fingerprint density at radius 2 is 2.35 bits per heavy atom. The smallest absolute Gasteiger partial charge is 0.311 e. The highest BCUT2D eigenvalue weighted by atomic mass is 16.6. The summed E-state index contributed by atoms with van der Waals surface area (Å²) in [6.45, 7) is 3.58. The fourth-order valence-electron chi connectivity index (χ4n) is 1.97. The summed E-state index contributed by atoms with van der Waals surface area (Å²) in [5.41, 5.74) is 0.918. The minimum absolute atomic E-state index is 0.0326. The molecule has 1 aliphatic rings. The number of aryl methyl sites for hydroxylation is 1. The SMILES string of the molecule is Cc1ccc(O[C@@H]2CCCNC2)c([N+](=O)[O-])c1. The number of rotatable bonds is 3. The highest BCUT2D eigenvalue weighted by Crippen LogP contribution is 2.29. The Balaban J connectivity index is 2.16. The monoisotopic (exact) mass is 236 g/mol. The number of nitro groups is 1. The fraction of sp³-hybridized carbons (Fsp3) is 0.500. The molecular formula is C12H16N2O3. The van der Waals surface area contributed by atoms with E-state index in [1.54, 1.807) is 12.1 Å². The summed E-state index contributed by atoms with van der Waals surface area (Å²) in [4.78, 5) is 10.5. The fourth-order valence-corrected chi connectivity index (χ4v) is 1.97. The van der Waals surface area contributed by atoms with Crippen molar-refractivity contribution < 1.29 is 9.66 Å². The summed E-state index contributed by atoms with van der Waals surface area (Å²) >= 11 is 0. The maximum absolute atomic E-state index is 10.9. The van der Waals surface area contributed by atoms with E-state index in [-0.39, 0.29) is 11.8 Å². The van der Waals surface area contributed by atoms with Gasteiger partial charge in [0.1, 0.15) is 6.10 Å². The average molecular weight is 236 g/mol. The molecule has 1 aliphatic heterocycles. The molecule has 5 heteroatoms. The molecule has 0 saturated carbocycles. The second-order valence-electron chi connectivity index (χ2n) is 4.31. The van der Waals surface area contributed by atoms with Gasteiger partial charge in [-0.1, -0.05) is 6.07 Å². The molecule has 0 unspecified atom stereocenters. The molecule has 1 aromatic rings. The Kier molecular flexibility index (Phi) is 3.58. The molecule has 1 saturated heterocycles. The molecule has 1 fully saturated rings. The Morgan fingerprint density at radius 3 is 3.00 bits per heavy atom. The predicted octanol–water partition coefficient (Wildman–Crippen LogP) is 2.03. The van der Waals surface area contributed by atoms with E-state index in [4.69, 9.17) is 4.74 Å². The lowest BCUT2D eigenvalue weighted by molar-refractivity contribution is -0.386. The molecule has 1 N–H and O–H groups in total. The molecule has 1 atom stereocenters. The van der Waals surface area contributed by atoms with Crippen molar-refractivity contribution in [1.82, 2.24) is 5.32 Å². The van der Waals surface area contributed by atoms with Gasteiger partial charge in [0.2, 0.25) is 0 Å². The molecule has 0 amide bonds. The van der Waals surface area contributed by atoms with Gasteiger partial charge in [0, 0.05) is 12.6 Å². The molecule has 2 rings (SSSR count). The maximum Gasteiger partial charge on any atom is 0.311 e. The lowest BCUT2D eigenvalue weighted by atomic mass is 10.1. The zero-order chi connectivity index (χ0) is 12.3. The van der Waals surface area contributed by atoms with Crippen LogP contribution >= 0.6 is 0 Å². The van der Waals surface area contributed by atoms with Crippen LogP contribution in [-0.4, -0.2) is 24.1 Å². The summed E-state index contributed by atoms with van der Waals surface area (Å²) in [5.74, 6) is 0.370. The minimum Gasteiger partial charge on any atom is -0.482 e. The zero-order valence-corrected chi connectivity index (χ0v) is 9.81. The van der Waals surface area contributed by atoms with Gasteiger partial charge in [0.05, 0.1) is 4.92 Å². The molecule has 0 spiro atoms. The number of ether oxygens (including phenoxy) is 1. The van der Waals surface area contributed by atoms with Crippen LogP contribution in [0.25, 0.3) is 0 Å². The van der Waals surface area contributed by atoms with Crippen molar-refractivity contribution in [2.75, 3.05) is 13.1 Å². The third-order valence-electron chi connectivity index (χ3n) is 2.86. The maximum atomic E-state index is 10.9. The highest BCUT2D eigenvalue weighted by Gasteiger charge is 2.20. The topological polar surface area (TPSA) is 64.4 Å². The molecular weight excluding hydrogens is 220 g/mol. The van der Waals surface area contributed by atoms with Gasteiger partial charge in [-0.2, -0.15) is 0 Å². The first kappa shape index (κ1) is 11.9. The van der Waals surface area contributed by atoms with Gasteiger partial charge in [-0.25, -0.2) is 0 Å². The van der Waals surface area contributed by atoms with Gasteiger partial charge in [-0.05, 0) is 37.9 Å². The zero-order valence-electron chi connectivity index (χ0n) is 9.81. The second-order valence-corrected chi connectivity index (χ2v) is 4.31. The average Bonchev–Trinajstić information content (AvgIpc) is 2.32. The number of hydrogen-bond acceptors (Lipinski definition) is 4. The lowest BCUT2D eigenvalue weighted by Gasteiger charge is -2.23. The van der Waals surface area contributed by atoms with Gasteiger partial charge in [-0.3, -0.25) is 10.1 Å². The van der Waals surface area contributed by atoms with Gasteiger partial charge in [0.15, 0.2) is 5.75 Å². The van der Waals surface area contributed by atoms with E-state index in [0.717, 1.165) is 31.5 Å². The molecule has 1 heterocycles. The van der Waals surface area contributed by atoms with Crippen molar-refractivity contribution in [3.05, 3.63) is 33.9 Å². The number of nitro benzene ring substituents is 1. The summed E-state index contributed by atoms with van der Waals surface area (Å²) in [6.07, 6.45) is 2.02. The molecule has 0 radical (unpaired) electrons. The largest absolute Gasteiger partial charge is 0.482 e. The number of nitrogens with one attached hydrogen (secondary N) is 1. The first-order chi connectivity index (χ1) is 8.16. The van der Waals surface area contributed by atoms with Crippen LogP contribution in [0.2, 0.25) is 0 Å². The molecule has 0 bridgehead atoms. The summed E-state index contributed by atoms with van der Waals surface area (Å²) in [5, 5.41) is 14.1. The van der Waals surface area contributed by atoms with Crippen LogP contribution in [0.5, 0.6) is 5.75 Å². The van der Waals surface area contributed by atoms with E-state index in [1.165, 1.54) is 0 Å². The van der Waals surface area contributed by atoms with Crippen LogP contribution in [-0.2, 0) is 0 Å². The van der Waals surface area contributed by atoms with Crippen molar-refractivity contribution in [3.63, 3.8) is 0 Å². The molecule has 17 heavy (non-hydrogen) atoms. The molecule has 1 aromatic carbocycles. The van der Waals surface area contributed by atoms with Crippen molar-refractivity contribution in [2.45, 2.75) is 25.9 Å². The number of nitrogens with zero attached hydrogens (tertiary/aromatic N) is 1. The Bertz CT molecular complexity index is 414. The normalized spacial score (nSPS) is 19.9. The third kappa shape index (κ3) is 2.94. The first-order valence-corrected chi connectivity index (χ1v) is 5.79. The van der Waals surface area contributed by atoms with Crippen molar-refractivity contribution in [3.8, 4) is 5.75 Å². The van der Waals surface area contributed by atoms with Gasteiger partial charge in [-0.15, -0.1) is 0 Å². The molecule has 92 valence electrons. The van der Waals surface area contributed by atoms with Crippen LogP contribution in [0.1, 0.15) is 18.4 Å². The van der Waals surface area contributed by atoms with Crippen molar-refractivity contribution >= 4 is 5.69 Å². The summed E-state index contributed by atoms with van der Waals surface area (Å²) in [7, 11) is 0. The van der Waals surface area contributed by atoms with Crippen LogP contribution in [0.15, 0.2) is 18.2 Å². The van der Waals surface area contributed by atoms with Crippen LogP contribution in [0.3, 0.4) is 0 Å². The van der Waals surface area contributed by atoms with Gasteiger partial charge in [0.25, 0.3) is 0 Å². The van der Waals surface area contributed by atoms with Crippen molar-refractivity contribution in [2.24, 2.45) is 0 Å². The number of benzene rings is 1. The Labute approximate surface area is 99.9 Å². The second kappa shape index (κ2) is 5.14. The number of piperidine rings is 1. The standard InChI is InChI=1S/C12H16N2O3/c1-9-4-5-12(11(7-9)14(15)16)17-10-3-2-6-13-8-10/h4-5,7,10,13H,2-3,6,8H2,1H3/t10-/m1/s1. The van der Waals surface area contributed by atoms with Gasteiger partial charge < -0.3 is 10.1 Å². The summed E-state index contributed by atoms with van der Waals surface area (Å²) < 4.78 is 5.70. The first-order valence-electron chi connectivity index (χ1n) is 5.79. The lowest BCUT2D eigenvalue weighted by Crippen LogP contribution is -2.37. The molecule has 5 nitrogen and oxygen atoms in total. The van der Waals surface area contributed by atoms with E-state index >= 15 is 0 Å². The molecule has 0 aromatic heterocycles. The van der Waals surface area contributed by atoms with E-state index in [1.807, 2.05) is 13.0 Å². The van der Waals surface area contributed by atoms with E-state index < -0.39 is 4.92 Å². The Hall–Kier alpha value is -1.62. The Morgan fingerprint density at radius 1 is 1.53 bits per heavy atom. The molecule has 0 aliphatic carbocycles. The van der Waals surface area contributed by atoms with E-state index in [9.17, 15) is 10.1 Å². The van der Waals surface area contributed by atoms with Crippen LogP contribution in [0, 0.1) is 17.0 Å². The van der Waals surface area contributed by atoms with Crippen LogP contribution < -0.4 is 10.1 Å². The van der Waals surface area contributed by atoms with E-state index in [0.29, 0.717) is 5.75 Å². The minimum atomic E-state index is -0.390. The predicted molar refractivity (Wildman–Crippen MR) is 64.4 cm³/mol. The summed E-state index contributed by atoms with van der Waals surface area (Å²) in [6, 6.07) is 5.06. The van der Waals surface area contributed by atoms with Gasteiger partial charge >= 0.3 is 5.69 Å².